The first-order valence-corrected chi connectivity index (χ1v) is 6.88. The number of nitrogens with one attached hydrogen (secondary N) is 2. The van der Waals surface area contributed by atoms with E-state index >= 15 is 0 Å². The highest BCUT2D eigenvalue weighted by molar-refractivity contribution is 5.79. The normalized spacial score (nSPS) is 11.3. The first-order valence-electron chi connectivity index (χ1n) is 6.88. The molecule has 0 amide bonds. The second-order valence-corrected chi connectivity index (χ2v) is 4.42. The zero-order chi connectivity index (χ0) is 14.1. The van der Waals surface area contributed by atoms with Gasteiger partial charge < -0.3 is 15.4 Å². The number of nitrogens with zero attached hydrogens (tertiary/aromatic N) is 1. The van der Waals surface area contributed by atoms with Gasteiger partial charge in [0.25, 0.3) is 0 Å². The summed E-state index contributed by atoms with van der Waals surface area (Å²) in [6.45, 7) is 8.55. The summed E-state index contributed by atoms with van der Waals surface area (Å²) in [5, 5.41) is 6.46. The van der Waals surface area contributed by atoms with E-state index in [-0.39, 0.29) is 0 Å². The molecule has 19 heavy (non-hydrogen) atoms. The Morgan fingerprint density at radius 1 is 1.26 bits per heavy atom. The molecule has 1 aromatic carbocycles. The van der Waals surface area contributed by atoms with Crippen LogP contribution in [0.4, 0.5) is 0 Å². The largest absolute Gasteiger partial charge is 0.493 e. The van der Waals surface area contributed by atoms with E-state index in [4.69, 9.17) is 4.74 Å². The van der Waals surface area contributed by atoms with Gasteiger partial charge in [-0.25, -0.2) is 0 Å². The van der Waals surface area contributed by atoms with Crippen molar-refractivity contribution in [1.82, 2.24) is 10.6 Å². The lowest BCUT2D eigenvalue weighted by Gasteiger charge is -2.14. The van der Waals surface area contributed by atoms with Crippen molar-refractivity contribution < 1.29 is 4.74 Å². The second kappa shape index (κ2) is 8.40. The summed E-state index contributed by atoms with van der Waals surface area (Å²) in [7, 11) is 1.77. The topological polar surface area (TPSA) is 45.6 Å². The van der Waals surface area contributed by atoms with Gasteiger partial charge in [0.15, 0.2) is 5.96 Å². The van der Waals surface area contributed by atoms with Crippen molar-refractivity contribution in [3.8, 4) is 5.75 Å². The number of guanidine groups is 1. The van der Waals surface area contributed by atoms with E-state index in [1.54, 1.807) is 7.05 Å². The zero-order valence-electron chi connectivity index (χ0n) is 12.4. The third-order valence-electron chi connectivity index (χ3n) is 2.70. The molecule has 0 radical (unpaired) electrons. The Hall–Kier alpha value is -1.71. The van der Waals surface area contributed by atoms with Crippen molar-refractivity contribution in [2.45, 2.75) is 33.7 Å². The quantitative estimate of drug-likeness (QED) is 0.612. The Morgan fingerprint density at radius 2 is 2.05 bits per heavy atom. The van der Waals surface area contributed by atoms with Crippen LogP contribution >= 0.6 is 0 Å². The molecule has 0 fully saturated rings. The third kappa shape index (κ3) is 5.20. The molecule has 0 spiro atoms. The van der Waals surface area contributed by atoms with Crippen LogP contribution in [-0.2, 0) is 6.54 Å². The van der Waals surface area contributed by atoms with E-state index in [9.17, 15) is 0 Å². The van der Waals surface area contributed by atoms with Gasteiger partial charge in [-0.1, -0.05) is 19.1 Å². The third-order valence-corrected chi connectivity index (χ3v) is 2.70. The molecule has 106 valence electrons. The number of aryl methyl sites for hydroxylation is 1. The Kier molecular flexibility index (Phi) is 6.79. The van der Waals surface area contributed by atoms with Crippen LogP contribution in [0.5, 0.6) is 5.75 Å². The van der Waals surface area contributed by atoms with E-state index in [2.05, 4.69) is 54.6 Å². The van der Waals surface area contributed by atoms with Gasteiger partial charge in [0, 0.05) is 25.7 Å². The molecule has 0 heterocycles. The minimum atomic E-state index is 0.707. The molecule has 0 aliphatic heterocycles. The van der Waals surface area contributed by atoms with Gasteiger partial charge in [-0.2, -0.15) is 0 Å². The van der Waals surface area contributed by atoms with Gasteiger partial charge in [-0.05, 0) is 31.9 Å². The predicted octanol–water partition coefficient (Wildman–Crippen LogP) is 2.47. The average Bonchev–Trinajstić information content (AvgIpc) is 2.42. The molecule has 1 aromatic rings. The highest BCUT2D eigenvalue weighted by Crippen LogP contribution is 2.20. The van der Waals surface area contributed by atoms with E-state index in [1.807, 2.05) is 0 Å². The van der Waals surface area contributed by atoms with Crippen LogP contribution < -0.4 is 15.4 Å². The van der Waals surface area contributed by atoms with Crippen molar-refractivity contribution in [3.05, 3.63) is 29.3 Å². The Morgan fingerprint density at radius 3 is 2.68 bits per heavy atom. The highest BCUT2D eigenvalue weighted by atomic mass is 16.5. The molecule has 0 unspecified atom stereocenters. The van der Waals surface area contributed by atoms with Crippen LogP contribution in [0.1, 0.15) is 31.4 Å². The lowest BCUT2D eigenvalue weighted by molar-refractivity contribution is 0.313. The predicted molar refractivity (Wildman–Crippen MR) is 80.8 cm³/mol. The molecule has 0 aliphatic carbocycles. The fourth-order valence-electron chi connectivity index (χ4n) is 1.72. The summed E-state index contributed by atoms with van der Waals surface area (Å²) >= 11 is 0. The summed E-state index contributed by atoms with van der Waals surface area (Å²) in [6.07, 6.45) is 1.01. The van der Waals surface area contributed by atoms with E-state index in [0.717, 1.165) is 36.8 Å². The number of hydrogen-bond donors (Lipinski definition) is 2. The van der Waals surface area contributed by atoms with Crippen LogP contribution in [0.2, 0.25) is 0 Å². The number of rotatable bonds is 6. The fourth-order valence-corrected chi connectivity index (χ4v) is 1.72. The maximum Gasteiger partial charge on any atom is 0.191 e. The highest BCUT2D eigenvalue weighted by Gasteiger charge is 2.05. The first-order chi connectivity index (χ1) is 9.21. The Balaban J connectivity index is 2.70. The molecule has 0 saturated heterocycles. The maximum atomic E-state index is 5.79. The molecule has 0 aromatic heterocycles. The monoisotopic (exact) mass is 263 g/mol. The van der Waals surface area contributed by atoms with Crippen LogP contribution in [0.15, 0.2) is 23.2 Å². The van der Waals surface area contributed by atoms with E-state index < -0.39 is 0 Å². The second-order valence-electron chi connectivity index (χ2n) is 4.42. The molecular weight excluding hydrogens is 238 g/mol. The van der Waals surface area contributed by atoms with Crippen LogP contribution in [0.3, 0.4) is 0 Å². The van der Waals surface area contributed by atoms with Gasteiger partial charge in [-0.3, -0.25) is 4.99 Å². The molecule has 2 N–H and O–H groups in total. The molecule has 0 atom stereocenters. The van der Waals surface area contributed by atoms with Crippen LogP contribution in [0, 0.1) is 6.92 Å². The SMILES string of the molecule is CCCOc1cc(C)ccc1CNC(=NC)NCC. The molecule has 0 saturated carbocycles. The summed E-state index contributed by atoms with van der Waals surface area (Å²) < 4.78 is 5.79. The lowest BCUT2D eigenvalue weighted by atomic mass is 10.1. The number of benzene rings is 1. The van der Waals surface area contributed by atoms with Crippen molar-refractivity contribution in [1.29, 1.82) is 0 Å². The number of aliphatic imine (C=N–C) groups is 1. The molecular formula is C15H25N3O. The summed E-state index contributed by atoms with van der Waals surface area (Å²) in [5.41, 5.74) is 2.36. The van der Waals surface area contributed by atoms with Gasteiger partial charge in [-0.15, -0.1) is 0 Å². The molecule has 0 aliphatic rings. The van der Waals surface area contributed by atoms with Gasteiger partial charge >= 0.3 is 0 Å². The van der Waals surface area contributed by atoms with Gasteiger partial charge in [0.2, 0.25) is 0 Å². The number of ether oxygens (including phenoxy) is 1. The van der Waals surface area contributed by atoms with Crippen molar-refractivity contribution in [2.24, 2.45) is 4.99 Å². The fraction of sp³-hybridized carbons (Fsp3) is 0.533. The molecule has 1 rings (SSSR count). The van der Waals surface area contributed by atoms with Crippen LogP contribution in [0.25, 0.3) is 0 Å². The standard InChI is InChI=1S/C15H25N3O/c1-5-9-19-14-10-12(3)7-8-13(14)11-18-15(16-4)17-6-2/h7-8,10H,5-6,9,11H2,1-4H3,(H2,16,17,18). The summed E-state index contributed by atoms with van der Waals surface area (Å²) in [6, 6.07) is 6.29. The Bertz CT molecular complexity index is 416. The van der Waals surface area contributed by atoms with E-state index in [1.165, 1.54) is 5.56 Å². The summed E-state index contributed by atoms with van der Waals surface area (Å²) in [5.74, 6) is 1.77. The molecule has 4 heteroatoms. The smallest absolute Gasteiger partial charge is 0.191 e. The van der Waals surface area contributed by atoms with E-state index in [0.29, 0.717) is 6.54 Å². The van der Waals surface area contributed by atoms with Crippen molar-refractivity contribution in [3.63, 3.8) is 0 Å². The molecule has 0 bridgehead atoms. The maximum absolute atomic E-state index is 5.79. The van der Waals surface area contributed by atoms with Crippen molar-refractivity contribution in [2.75, 3.05) is 20.2 Å². The molecule has 4 nitrogen and oxygen atoms in total. The minimum absolute atomic E-state index is 0.707. The first kappa shape index (κ1) is 15.3. The van der Waals surface area contributed by atoms with Crippen molar-refractivity contribution >= 4 is 5.96 Å². The minimum Gasteiger partial charge on any atom is -0.493 e. The van der Waals surface area contributed by atoms with Gasteiger partial charge in [0.1, 0.15) is 5.75 Å². The van der Waals surface area contributed by atoms with Gasteiger partial charge in [0.05, 0.1) is 6.61 Å². The van der Waals surface area contributed by atoms with Crippen LogP contribution in [-0.4, -0.2) is 26.2 Å². The lowest BCUT2D eigenvalue weighted by Crippen LogP contribution is -2.36. The zero-order valence-corrected chi connectivity index (χ0v) is 12.4. The average molecular weight is 263 g/mol. The number of hydrogen-bond acceptors (Lipinski definition) is 2. The summed E-state index contributed by atoms with van der Waals surface area (Å²) in [4.78, 5) is 4.16. The Labute approximate surface area is 116 Å².